The van der Waals surface area contributed by atoms with Crippen molar-refractivity contribution in [1.29, 1.82) is 0 Å². The number of hydrazine groups is 1. The molecule has 0 saturated carbocycles. The van der Waals surface area contributed by atoms with Crippen LogP contribution < -0.4 is 15.1 Å². The maximum atomic E-state index is 5.85. The summed E-state index contributed by atoms with van der Waals surface area (Å²) in [6.07, 6.45) is 2.53. The smallest absolute Gasteiger partial charge is 0.125 e. The van der Waals surface area contributed by atoms with E-state index in [9.17, 15) is 0 Å². The lowest BCUT2D eigenvalue weighted by atomic mass is 9.98. The summed E-state index contributed by atoms with van der Waals surface area (Å²) in [6, 6.07) is 6.39. The topological polar surface area (TPSA) is 37.0 Å². The highest BCUT2D eigenvalue weighted by Gasteiger charge is 2.31. The van der Waals surface area contributed by atoms with Gasteiger partial charge in [-0.15, -0.1) is 0 Å². The molecular formula is C18H29N3O2. The lowest BCUT2D eigenvalue weighted by Crippen LogP contribution is -2.44. The van der Waals surface area contributed by atoms with Crippen molar-refractivity contribution in [2.45, 2.75) is 26.3 Å². The van der Waals surface area contributed by atoms with E-state index < -0.39 is 0 Å². The van der Waals surface area contributed by atoms with Gasteiger partial charge in [0.15, 0.2) is 0 Å². The van der Waals surface area contributed by atoms with Crippen LogP contribution in [-0.2, 0) is 11.3 Å². The molecule has 128 valence electrons. The summed E-state index contributed by atoms with van der Waals surface area (Å²) in [5.74, 6) is 1.80. The predicted octanol–water partition coefficient (Wildman–Crippen LogP) is 2.27. The van der Waals surface area contributed by atoms with E-state index >= 15 is 0 Å². The Hall–Kier alpha value is -1.30. The molecule has 23 heavy (non-hydrogen) atoms. The molecule has 0 aromatic heterocycles. The van der Waals surface area contributed by atoms with Crippen LogP contribution in [0, 0.1) is 5.92 Å². The Morgan fingerprint density at radius 1 is 1.26 bits per heavy atom. The Bertz CT molecular complexity index is 503. The minimum atomic E-state index is 0.711. The van der Waals surface area contributed by atoms with Gasteiger partial charge < -0.3 is 19.8 Å². The highest BCUT2D eigenvalue weighted by atomic mass is 16.5. The van der Waals surface area contributed by atoms with Crippen molar-refractivity contribution < 1.29 is 9.47 Å². The van der Waals surface area contributed by atoms with Crippen LogP contribution in [0.25, 0.3) is 0 Å². The fourth-order valence-electron chi connectivity index (χ4n) is 3.63. The molecule has 1 saturated heterocycles. The molecule has 0 bridgehead atoms. The van der Waals surface area contributed by atoms with Gasteiger partial charge in [0.25, 0.3) is 0 Å². The zero-order chi connectivity index (χ0) is 16.1. The van der Waals surface area contributed by atoms with Gasteiger partial charge >= 0.3 is 0 Å². The molecule has 0 radical (unpaired) electrons. The lowest BCUT2D eigenvalue weighted by molar-refractivity contribution is 0.159. The van der Waals surface area contributed by atoms with Gasteiger partial charge in [0.05, 0.1) is 25.4 Å². The van der Waals surface area contributed by atoms with E-state index in [0.29, 0.717) is 6.61 Å². The number of hydrogen-bond acceptors (Lipinski definition) is 5. The van der Waals surface area contributed by atoms with Crippen LogP contribution in [0.4, 0.5) is 5.69 Å². The van der Waals surface area contributed by atoms with Gasteiger partial charge in [0.2, 0.25) is 0 Å². The number of fused-ring (bicyclic) bond motifs is 1. The molecule has 5 heteroatoms. The molecule has 2 aliphatic rings. The summed E-state index contributed by atoms with van der Waals surface area (Å²) < 4.78 is 11.2. The number of rotatable bonds is 7. The largest absolute Gasteiger partial charge is 0.493 e. The number of nitrogens with zero attached hydrogens (tertiary/aromatic N) is 2. The summed E-state index contributed by atoms with van der Waals surface area (Å²) in [6.45, 7) is 8.74. The SMILES string of the molecule is CCOc1cccc2c1CN(CC1CCNCC1)N2CCOC. The Balaban J connectivity index is 1.77. The molecule has 0 aliphatic carbocycles. The molecule has 2 aliphatic heterocycles. The summed E-state index contributed by atoms with van der Waals surface area (Å²) in [5.41, 5.74) is 2.60. The number of hydrogen-bond donors (Lipinski definition) is 1. The van der Waals surface area contributed by atoms with Crippen LogP contribution in [0.1, 0.15) is 25.3 Å². The summed E-state index contributed by atoms with van der Waals surface area (Å²) >= 11 is 0. The normalized spacial score (nSPS) is 19.1. The zero-order valence-corrected chi connectivity index (χ0v) is 14.4. The molecule has 0 amide bonds. The van der Waals surface area contributed by atoms with Crippen molar-refractivity contribution in [2.75, 3.05) is 51.5 Å². The van der Waals surface area contributed by atoms with Gasteiger partial charge in [-0.05, 0) is 50.9 Å². The van der Waals surface area contributed by atoms with Crippen LogP contribution in [-0.4, -0.2) is 51.5 Å². The molecule has 1 fully saturated rings. The van der Waals surface area contributed by atoms with Crippen LogP contribution in [0.15, 0.2) is 18.2 Å². The summed E-state index contributed by atoms with van der Waals surface area (Å²) in [4.78, 5) is 0. The third-order valence-electron chi connectivity index (χ3n) is 4.80. The van der Waals surface area contributed by atoms with E-state index in [0.717, 1.165) is 51.0 Å². The number of benzene rings is 1. The maximum Gasteiger partial charge on any atom is 0.125 e. The second kappa shape index (κ2) is 7.99. The Kier molecular flexibility index (Phi) is 5.75. The Labute approximate surface area is 139 Å². The van der Waals surface area contributed by atoms with E-state index in [1.165, 1.54) is 24.1 Å². The van der Waals surface area contributed by atoms with Crippen molar-refractivity contribution >= 4 is 5.69 Å². The number of piperidine rings is 1. The number of nitrogens with one attached hydrogen (secondary N) is 1. The van der Waals surface area contributed by atoms with Crippen LogP contribution in [0.3, 0.4) is 0 Å². The third kappa shape index (κ3) is 3.79. The summed E-state index contributed by atoms with van der Waals surface area (Å²) in [5, 5.41) is 8.34. The Morgan fingerprint density at radius 2 is 2.09 bits per heavy atom. The van der Waals surface area contributed by atoms with Crippen LogP contribution in [0.2, 0.25) is 0 Å². The average molecular weight is 319 g/mol. The van der Waals surface area contributed by atoms with Crippen molar-refractivity contribution in [3.05, 3.63) is 23.8 Å². The standard InChI is InChI=1S/C18H29N3O2/c1-3-23-18-6-4-5-17-16(18)14-20(21(17)11-12-22-2)13-15-7-9-19-10-8-15/h4-6,15,19H,3,7-14H2,1-2H3. The molecule has 3 rings (SSSR count). The zero-order valence-electron chi connectivity index (χ0n) is 14.4. The monoisotopic (exact) mass is 319 g/mol. The molecule has 1 aromatic rings. The van der Waals surface area contributed by atoms with E-state index in [-0.39, 0.29) is 0 Å². The summed E-state index contributed by atoms with van der Waals surface area (Å²) in [7, 11) is 1.77. The van der Waals surface area contributed by atoms with Crippen molar-refractivity contribution in [3.8, 4) is 5.75 Å². The first-order chi connectivity index (χ1) is 11.3. The molecule has 0 spiro atoms. The second-order valence-electron chi connectivity index (χ2n) is 6.34. The number of ether oxygens (including phenoxy) is 2. The van der Waals surface area contributed by atoms with Gasteiger partial charge in [0, 0.05) is 25.8 Å². The first-order valence-corrected chi connectivity index (χ1v) is 8.80. The average Bonchev–Trinajstić information content (AvgIpc) is 2.92. The second-order valence-corrected chi connectivity index (χ2v) is 6.34. The van der Waals surface area contributed by atoms with E-state index in [1.54, 1.807) is 7.11 Å². The predicted molar refractivity (Wildman–Crippen MR) is 92.8 cm³/mol. The van der Waals surface area contributed by atoms with Gasteiger partial charge in [-0.1, -0.05) is 6.07 Å². The van der Waals surface area contributed by atoms with Gasteiger partial charge in [-0.3, -0.25) is 0 Å². The Morgan fingerprint density at radius 3 is 2.83 bits per heavy atom. The van der Waals surface area contributed by atoms with E-state index in [2.05, 4.69) is 33.5 Å². The first kappa shape index (κ1) is 16.6. The van der Waals surface area contributed by atoms with Crippen molar-refractivity contribution in [1.82, 2.24) is 10.3 Å². The molecule has 2 heterocycles. The molecule has 1 aromatic carbocycles. The fourth-order valence-corrected chi connectivity index (χ4v) is 3.63. The molecule has 0 unspecified atom stereocenters. The molecule has 1 N–H and O–H groups in total. The quantitative estimate of drug-likeness (QED) is 0.834. The molecular weight excluding hydrogens is 290 g/mol. The molecule has 0 atom stereocenters. The van der Waals surface area contributed by atoms with E-state index in [4.69, 9.17) is 9.47 Å². The minimum absolute atomic E-state index is 0.711. The first-order valence-electron chi connectivity index (χ1n) is 8.80. The number of anilines is 1. The van der Waals surface area contributed by atoms with Gasteiger partial charge in [-0.2, -0.15) is 0 Å². The fraction of sp³-hybridized carbons (Fsp3) is 0.667. The lowest BCUT2D eigenvalue weighted by Gasteiger charge is -2.34. The van der Waals surface area contributed by atoms with E-state index in [1.807, 2.05) is 6.92 Å². The highest BCUT2D eigenvalue weighted by molar-refractivity contribution is 5.61. The van der Waals surface area contributed by atoms with Crippen molar-refractivity contribution in [2.24, 2.45) is 5.92 Å². The minimum Gasteiger partial charge on any atom is -0.493 e. The third-order valence-corrected chi connectivity index (χ3v) is 4.80. The van der Waals surface area contributed by atoms with Crippen LogP contribution >= 0.6 is 0 Å². The molecule has 5 nitrogen and oxygen atoms in total. The number of methoxy groups -OCH3 is 1. The highest BCUT2D eigenvalue weighted by Crippen LogP contribution is 2.38. The van der Waals surface area contributed by atoms with Crippen LogP contribution in [0.5, 0.6) is 5.75 Å². The maximum absolute atomic E-state index is 5.85. The van der Waals surface area contributed by atoms with Crippen molar-refractivity contribution in [3.63, 3.8) is 0 Å². The van der Waals surface area contributed by atoms with Gasteiger partial charge in [-0.25, -0.2) is 5.01 Å². The van der Waals surface area contributed by atoms with Gasteiger partial charge in [0.1, 0.15) is 5.75 Å².